The number of rotatable bonds is 2. The summed E-state index contributed by atoms with van der Waals surface area (Å²) in [5.74, 6) is -1.21. The highest BCUT2D eigenvalue weighted by Crippen LogP contribution is 2.25. The fourth-order valence-corrected chi connectivity index (χ4v) is 3.06. The van der Waals surface area contributed by atoms with Crippen molar-refractivity contribution in [2.45, 2.75) is 57.5 Å². The maximum atomic E-state index is 12.1. The number of likely N-dealkylation sites (tertiary alicyclic amines) is 1. The van der Waals surface area contributed by atoms with Gasteiger partial charge in [0, 0.05) is 18.6 Å². The van der Waals surface area contributed by atoms with Gasteiger partial charge in [0.25, 0.3) is 0 Å². The van der Waals surface area contributed by atoms with Crippen LogP contribution in [0.15, 0.2) is 0 Å². The molecule has 0 aromatic heterocycles. The van der Waals surface area contributed by atoms with E-state index in [0.29, 0.717) is 13.0 Å². The van der Waals surface area contributed by atoms with Crippen LogP contribution in [-0.2, 0) is 4.79 Å². The molecule has 1 saturated heterocycles. The maximum Gasteiger partial charge on any atom is 0.317 e. The molecule has 0 aromatic carbocycles. The average Bonchev–Trinajstić information content (AvgIpc) is 2.72. The van der Waals surface area contributed by atoms with Crippen molar-refractivity contribution in [3.05, 3.63) is 0 Å². The number of carbonyl (C=O) groups excluding carboxylic acids is 1. The predicted octanol–water partition coefficient (Wildman–Crippen LogP) is 1.82. The van der Waals surface area contributed by atoms with Gasteiger partial charge in [0.05, 0.1) is 5.92 Å². The third kappa shape index (κ3) is 2.76. The Morgan fingerprint density at radius 1 is 1.17 bits per heavy atom. The van der Waals surface area contributed by atoms with Crippen molar-refractivity contribution in [1.82, 2.24) is 10.2 Å². The Kier molecular flexibility index (Phi) is 4.09. The molecule has 2 amide bonds. The van der Waals surface area contributed by atoms with E-state index in [1.165, 1.54) is 19.3 Å². The van der Waals surface area contributed by atoms with E-state index in [1.54, 1.807) is 4.90 Å². The Balaban J connectivity index is 1.87. The highest BCUT2D eigenvalue weighted by Gasteiger charge is 2.38. The SMILES string of the molecule is CC1C(C(=O)O)CCN1C(=O)NC1CCCCC1. The molecule has 2 unspecified atom stereocenters. The highest BCUT2D eigenvalue weighted by atomic mass is 16.4. The first-order valence-electron chi connectivity index (χ1n) is 6.89. The van der Waals surface area contributed by atoms with Crippen LogP contribution in [-0.4, -0.2) is 40.6 Å². The molecule has 0 aromatic rings. The van der Waals surface area contributed by atoms with Crippen LogP contribution in [0.5, 0.6) is 0 Å². The van der Waals surface area contributed by atoms with Gasteiger partial charge in [0.1, 0.15) is 0 Å². The summed E-state index contributed by atoms with van der Waals surface area (Å²) in [6.07, 6.45) is 6.28. The fourth-order valence-electron chi connectivity index (χ4n) is 3.06. The molecule has 102 valence electrons. The standard InChI is InChI=1S/C13H22N2O3/c1-9-11(12(16)17)7-8-15(9)13(18)14-10-5-3-2-4-6-10/h9-11H,2-8H2,1H3,(H,14,18)(H,16,17). The van der Waals surface area contributed by atoms with Gasteiger partial charge in [-0.3, -0.25) is 4.79 Å². The summed E-state index contributed by atoms with van der Waals surface area (Å²) in [7, 11) is 0. The number of carbonyl (C=O) groups is 2. The number of nitrogens with one attached hydrogen (secondary N) is 1. The minimum absolute atomic E-state index is 0.0850. The summed E-state index contributed by atoms with van der Waals surface area (Å²) < 4.78 is 0. The topological polar surface area (TPSA) is 69.6 Å². The number of amides is 2. The van der Waals surface area contributed by atoms with Gasteiger partial charge in [-0.1, -0.05) is 19.3 Å². The lowest BCUT2D eigenvalue weighted by molar-refractivity contribution is -0.142. The molecular weight excluding hydrogens is 232 g/mol. The van der Waals surface area contributed by atoms with Gasteiger partial charge in [0.15, 0.2) is 0 Å². The Hall–Kier alpha value is -1.26. The van der Waals surface area contributed by atoms with Gasteiger partial charge in [-0.2, -0.15) is 0 Å². The zero-order valence-electron chi connectivity index (χ0n) is 10.9. The minimum atomic E-state index is -0.796. The average molecular weight is 254 g/mol. The number of hydrogen-bond donors (Lipinski definition) is 2. The minimum Gasteiger partial charge on any atom is -0.481 e. The molecule has 0 spiro atoms. The Morgan fingerprint density at radius 2 is 1.83 bits per heavy atom. The van der Waals surface area contributed by atoms with Crippen LogP contribution in [0.4, 0.5) is 4.79 Å². The van der Waals surface area contributed by atoms with Crippen molar-refractivity contribution in [3.63, 3.8) is 0 Å². The number of carboxylic acid groups (broad SMARTS) is 1. The molecule has 0 radical (unpaired) electrons. The molecule has 5 heteroatoms. The van der Waals surface area contributed by atoms with E-state index in [0.717, 1.165) is 12.8 Å². The Bertz CT molecular complexity index is 326. The van der Waals surface area contributed by atoms with Crippen molar-refractivity contribution in [3.8, 4) is 0 Å². The van der Waals surface area contributed by atoms with E-state index < -0.39 is 11.9 Å². The van der Waals surface area contributed by atoms with Crippen molar-refractivity contribution >= 4 is 12.0 Å². The van der Waals surface area contributed by atoms with Gasteiger partial charge in [-0.15, -0.1) is 0 Å². The summed E-state index contributed by atoms with van der Waals surface area (Å²) >= 11 is 0. The van der Waals surface area contributed by atoms with Crippen molar-refractivity contribution in [2.24, 2.45) is 5.92 Å². The van der Waals surface area contributed by atoms with Gasteiger partial charge in [-0.25, -0.2) is 4.79 Å². The summed E-state index contributed by atoms with van der Waals surface area (Å²) in [4.78, 5) is 24.8. The van der Waals surface area contributed by atoms with Gasteiger partial charge in [0.2, 0.25) is 0 Å². The fraction of sp³-hybridized carbons (Fsp3) is 0.846. The van der Waals surface area contributed by atoms with Crippen LogP contribution in [0.25, 0.3) is 0 Å². The van der Waals surface area contributed by atoms with Crippen LogP contribution in [0.2, 0.25) is 0 Å². The molecule has 1 aliphatic carbocycles. The third-order valence-corrected chi connectivity index (χ3v) is 4.27. The van der Waals surface area contributed by atoms with Gasteiger partial charge < -0.3 is 15.3 Å². The van der Waals surface area contributed by atoms with Crippen LogP contribution in [0.1, 0.15) is 45.4 Å². The Labute approximate surface area is 108 Å². The first-order chi connectivity index (χ1) is 8.59. The van der Waals surface area contributed by atoms with Crippen molar-refractivity contribution in [1.29, 1.82) is 0 Å². The van der Waals surface area contributed by atoms with E-state index >= 15 is 0 Å². The smallest absolute Gasteiger partial charge is 0.317 e. The number of aliphatic carboxylic acids is 1. The number of nitrogens with zero attached hydrogens (tertiary/aromatic N) is 1. The lowest BCUT2D eigenvalue weighted by Crippen LogP contribution is -2.47. The quantitative estimate of drug-likeness (QED) is 0.789. The highest BCUT2D eigenvalue weighted by molar-refractivity contribution is 5.78. The number of urea groups is 1. The summed E-state index contributed by atoms with van der Waals surface area (Å²) in [6, 6.07) is -0.00781. The molecule has 2 atom stereocenters. The molecule has 1 saturated carbocycles. The summed E-state index contributed by atoms with van der Waals surface area (Å²) in [6.45, 7) is 2.38. The molecule has 2 N–H and O–H groups in total. The van der Waals surface area contributed by atoms with Crippen molar-refractivity contribution < 1.29 is 14.7 Å². The zero-order chi connectivity index (χ0) is 13.1. The number of carboxylic acids is 1. The molecule has 18 heavy (non-hydrogen) atoms. The molecule has 2 rings (SSSR count). The van der Waals surface area contributed by atoms with Crippen LogP contribution in [0, 0.1) is 5.92 Å². The normalized spacial score (nSPS) is 29.3. The van der Waals surface area contributed by atoms with Crippen LogP contribution in [0.3, 0.4) is 0 Å². The van der Waals surface area contributed by atoms with Crippen molar-refractivity contribution in [2.75, 3.05) is 6.54 Å². The molecule has 2 fully saturated rings. The second-order valence-corrected chi connectivity index (χ2v) is 5.45. The van der Waals surface area contributed by atoms with Crippen LogP contribution < -0.4 is 5.32 Å². The zero-order valence-corrected chi connectivity index (χ0v) is 10.9. The second-order valence-electron chi connectivity index (χ2n) is 5.45. The largest absolute Gasteiger partial charge is 0.481 e. The summed E-state index contributed by atoms with van der Waals surface area (Å²) in [5.41, 5.74) is 0. The molecule has 5 nitrogen and oxygen atoms in total. The monoisotopic (exact) mass is 254 g/mol. The lowest BCUT2D eigenvalue weighted by atomic mass is 9.96. The first kappa shape index (κ1) is 13.2. The van der Waals surface area contributed by atoms with E-state index in [-0.39, 0.29) is 18.1 Å². The predicted molar refractivity (Wildman–Crippen MR) is 67.3 cm³/mol. The summed E-state index contributed by atoms with van der Waals surface area (Å²) in [5, 5.41) is 12.1. The molecule has 2 aliphatic rings. The van der Waals surface area contributed by atoms with Crippen LogP contribution >= 0.6 is 0 Å². The lowest BCUT2D eigenvalue weighted by Gasteiger charge is -2.28. The van der Waals surface area contributed by atoms with E-state index in [1.807, 2.05) is 6.92 Å². The first-order valence-corrected chi connectivity index (χ1v) is 6.89. The molecular formula is C13H22N2O3. The number of hydrogen-bond acceptors (Lipinski definition) is 2. The second kappa shape index (κ2) is 5.59. The maximum absolute atomic E-state index is 12.1. The molecule has 0 bridgehead atoms. The van der Waals surface area contributed by atoms with E-state index in [2.05, 4.69) is 5.32 Å². The van der Waals surface area contributed by atoms with Gasteiger partial charge in [-0.05, 0) is 26.2 Å². The van der Waals surface area contributed by atoms with Gasteiger partial charge >= 0.3 is 12.0 Å². The van der Waals surface area contributed by atoms with E-state index in [9.17, 15) is 9.59 Å². The molecule has 1 aliphatic heterocycles. The van der Waals surface area contributed by atoms with E-state index in [4.69, 9.17) is 5.11 Å². The molecule has 1 heterocycles. The Morgan fingerprint density at radius 3 is 2.39 bits per heavy atom. The third-order valence-electron chi connectivity index (χ3n) is 4.27.